The van der Waals surface area contributed by atoms with Crippen LogP contribution in [0.3, 0.4) is 0 Å². The van der Waals surface area contributed by atoms with E-state index in [0.29, 0.717) is 22.5 Å². The summed E-state index contributed by atoms with van der Waals surface area (Å²) < 4.78 is 15.8. The lowest BCUT2D eigenvalue weighted by Crippen LogP contribution is -2.01. The minimum absolute atomic E-state index is 0.0787. The maximum absolute atomic E-state index is 12.3. The van der Waals surface area contributed by atoms with E-state index in [9.17, 15) is 9.90 Å². The smallest absolute Gasteiger partial charge is 0.193 e. The molecule has 0 amide bonds. The average Bonchev–Trinajstić information content (AvgIpc) is 2.54. The second-order valence-electron chi connectivity index (χ2n) is 4.72. The van der Waals surface area contributed by atoms with Gasteiger partial charge in [-0.05, 0) is 30.3 Å². The summed E-state index contributed by atoms with van der Waals surface area (Å²) in [7, 11) is 3.01. The Morgan fingerprint density at radius 1 is 1.00 bits per heavy atom. The summed E-state index contributed by atoms with van der Waals surface area (Å²) in [4.78, 5) is 12.3. The van der Waals surface area contributed by atoms with Crippen molar-refractivity contribution < 1.29 is 19.0 Å². The quantitative estimate of drug-likeness (QED) is 0.804. The number of rotatable bonds is 3. The van der Waals surface area contributed by atoms with Crippen molar-refractivity contribution in [1.82, 2.24) is 0 Å². The van der Waals surface area contributed by atoms with Gasteiger partial charge in [0.1, 0.15) is 17.1 Å². The number of aromatic hydroxyl groups is 1. The molecule has 1 N–H and O–H groups in total. The zero-order valence-corrected chi connectivity index (χ0v) is 12.1. The third-order valence-corrected chi connectivity index (χ3v) is 3.40. The van der Waals surface area contributed by atoms with E-state index in [1.807, 2.05) is 0 Å². The van der Waals surface area contributed by atoms with E-state index < -0.39 is 0 Å². The Kier molecular flexibility index (Phi) is 3.47. The number of benzene rings is 2. The molecule has 0 bridgehead atoms. The van der Waals surface area contributed by atoms with E-state index in [0.717, 1.165) is 5.56 Å². The van der Waals surface area contributed by atoms with Crippen LogP contribution in [0, 0.1) is 0 Å². The highest BCUT2D eigenvalue weighted by molar-refractivity contribution is 5.82. The van der Waals surface area contributed by atoms with Crippen LogP contribution >= 0.6 is 0 Å². The minimum Gasteiger partial charge on any atom is -0.504 e. The van der Waals surface area contributed by atoms with Crippen LogP contribution in [0.2, 0.25) is 0 Å². The van der Waals surface area contributed by atoms with Crippen molar-refractivity contribution in [2.24, 2.45) is 0 Å². The molecule has 0 saturated heterocycles. The Balaban J connectivity index is 2.17. The van der Waals surface area contributed by atoms with Crippen LogP contribution in [0.1, 0.15) is 0 Å². The number of ether oxygens (including phenoxy) is 2. The molecule has 0 radical (unpaired) electrons. The highest BCUT2D eigenvalue weighted by Crippen LogP contribution is 2.32. The fourth-order valence-corrected chi connectivity index (χ4v) is 2.23. The van der Waals surface area contributed by atoms with Gasteiger partial charge in [-0.1, -0.05) is 0 Å². The molecule has 1 aromatic heterocycles. The van der Waals surface area contributed by atoms with Crippen molar-refractivity contribution >= 4 is 11.0 Å². The van der Waals surface area contributed by atoms with E-state index in [-0.39, 0.29) is 16.9 Å². The fourth-order valence-electron chi connectivity index (χ4n) is 2.23. The number of phenolic OH excluding ortho intramolecular Hbond substituents is 1. The molecule has 22 heavy (non-hydrogen) atoms. The molecular formula is C17H14O5. The van der Waals surface area contributed by atoms with Crippen molar-refractivity contribution in [2.45, 2.75) is 0 Å². The molecule has 5 heteroatoms. The number of fused-ring (bicyclic) bond motifs is 1. The molecule has 0 aliphatic rings. The van der Waals surface area contributed by atoms with Crippen LogP contribution in [0.5, 0.6) is 17.2 Å². The maximum Gasteiger partial charge on any atom is 0.193 e. The highest BCUT2D eigenvalue weighted by atomic mass is 16.5. The normalized spacial score (nSPS) is 10.6. The Bertz CT molecular complexity index is 878. The largest absolute Gasteiger partial charge is 0.504 e. The first-order valence-corrected chi connectivity index (χ1v) is 6.61. The second kappa shape index (κ2) is 5.44. The van der Waals surface area contributed by atoms with E-state index >= 15 is 0 Å². The maximum atomic E-state index is 12.3. The summed E-state index contributed by atoms with van der Waals surface area (Å²) in [6.07, 6.45) is 0. The lowest BCUT2D eigenvalue weighted by atomic mass is 10.1. The van der Waals surface area contributed by atoms with Gasteiger partial charge >= 0.3 is 0 Å². The third-order valence-electron chi connectivity index (χ3n) is 3.40. The number of hydrogen-bond donors (Lipinski definition) is 1. The van der Waals surface area contributed by atoms with Crippen molar-refractivity contribution in [3.63, 3.8) is 0 Å². The van der Waals surface area contributed by atoms with Gasteiger partial charge < -0.3 is 19.0 Å². The third kappa shape index (κ3) is 2.37. The second-order valence-corrected chi connectivity index (χ2v) is 4.72. The molecule has 0 aliphatic heterocycles. The zero-order valence-electron chi connectivity index (χ0n) is 12.1. The first kappa shape index (κ1) is 14.0. The summed E-state index contributed by atoms with van der Waals surface area (Å²) in [5.41, 5.74) is 0.845. The molecule has 0 fully saturated rings. The van der Waals surface area contributed by atoms with Gasteiger partial charge in [0.15, 0.2) is 16.9 Å². The van der Waals surface area contributed by atoms with Crippen LogP contribution < -0.4 is 14.9 Å². The van der Waals surface area contributed by atoms with Crippen LogP contribution in [0.4, 0.5) is 0 Å². The minimum atomic E-state index is -0.203. The number of methoxy groups -OCH3 is 2. The molecule has 5 nitrogen and oxygen atoms in total. The van der Waals surface area contributed by atoms with Gasteiger partial charge in [0.2, 0.25) is 0 Å². The summed E-state index contributed by atoms with van der Waals surface area (Å²) in [6, 6.07) is 11.4. The molecule has 0 spiro atoms. The molecule has 0 saturated carbocycles. The lowest BCUT2D eigenvalue weighted by molar-refractivity contribution is 0.373. The first-order valence-electron chi connectivity index (χ1n) is 6.61. The average molecular weight is 298 g/mol. The Morgan fingerprint density at radius 3 is 2.36 bits per heavy atom. The van der Waals surface area contributed by atoms with Gasteiger partial charge in [0, 0.05) is 17.7 Å². The molecule has 0 aliphatic carbocycles. The summed E-state index contributed by atoms with van der Waals surface area (Å²) in [5.74, 6) is 1.29. The van der Waals surface area contributed by atoms with Crippen LogP contribution in [-0.4, -0.2) is 19.3 Å². The Labute approximate surface area is 126 Å². The monoisotopic (exact) mass is 298 g/mol. The molecule has 3 rings (SSSR count). The van der Waals surface area contributed by atoms with E-state index in [4.69, 9.17) is 13.9 Å². The van der Waals surface area contributed by atoms with Crippen molar-refractivity contribution in [3.05, 3.63) is 52.7 Å². The molecule has 0 atom stereocenters. The molecule has 1 heterocycles. The molecule has 3 aromatic rings. The number of phenols is 1. The SMILES string of the molecule is COc1ccc(-c2cc(=O)c3cc(OC)c(O)cc3o2)cc1. The summed E-state index contributed by atoms with van der Waals surface area (Å²) in [5, 5.41) is 10.2. The summed E-state index contributed by atoms with van der Waals surface area (Å²) in [6.45, 7) is 0. The van der Waals surface area contributed by atoms with E-state index in [1.165, 1.54) is 25.3 Å². The van der Waals surface area contributed by atoms with E-state index in [2.05, 4.69) is 0 Å². The lowest BCUT2D eigenvalue weighted by Gasteiger charge is -2.07. The Hall–Kier alpha value is -2.95. The van der Waals surface area contributed by atoms with Gasteiger partial charge in [0.25, 0.3) is 0 Å². The van der Waals surface area contributed by atoms with Gasteiger partial charge in [-0.2, -0.15) is 0 Å². The predicted octanol–water partition coefficient (Wildman–Crippen LogP) is 3.18. The molecule has 0 unspecified atom stereocenters. The Morgan fingerprint density at radius 2 is 1.73 bits per heavy atom. The van der Waals surface area contributed by atoms with Gasteiger partial charge in [0.05, 0.1) is 19.6 Å². The number of hydrogen-bond acceptors (Lipinski definition) is 5. The fraction of sp³-hybridized carbons (Fsp3) is 0.118. The van der Waals surface area contributed by atoms with Gasteiger partial charge in [-0.15, -0.1) is 0 Å². The topological polar surface area (TPSA) is 68.9 Å². The first-order chi connectivity index (χ1) is 10.6. The van der Waals surface area contributed by atoms with Gasteiger partial charge in [-0.25, -0.2) is 0 Å². The zero-order chi connectivity index (χ0) is 15.7. The predicted molar refractivity (Wildman–Crippen MR) is 82.7 cm³/mol. The van der Waals surface area contributed by atoms with Gasteiger partial charge in [-0.3, -0.25) is 4.79 Å². The molecule has 2 aromatic carbocycles. The molecule has 112 valence electrons. The van der Waals surface area contributed by atoms with Crippen LogP contribution in [0.25, 0.3) is 22.3 Å². The highest BCUT2D eigenvalue weighted by Gasteiger charge is 2.11. The summed E-state index contributed by atoms with van der Waals surface area (Å²) >= 11 is 0. The van der Waals surface area contributed by atoms with Crippen LogP contribution in [-0.2, 0) is 0 Å². The van der Waals surface area contributed by atoms with Crippen LogP contribution in [0.15, 0.2) is 51.7 Å². The standard InChI is InChI=1S/C17H14O5/c1-20-11-5-3-10(4-6-11)15-8-13(18)12-7-17(21-2)14(19)9-16(12)22-15/h3-9,19H,1-2H3. The molecular weight excluding hydrogens is 284 g/mol. The van der Waals surface area contributed by atoms with Crippen molar-refractivity contribution in [2.75, 3.05) is 14.2 Å². The van der Waals surface area contributed by atoms with E-state index in [1.54, 1.807) is 31.4 Å². The van der Waals surface area contributed by atoms with Crippen molar-refractivity contribution in [1.29, 1.82) is 0 Å². The van der Waals surface area contributed by atoms with Crippen molar-refractivity contribution in [3.8, 4) is 28.6 Å².